The molecule has 36 heavy (non-hydrogen) atoms. The quantitative estimate of drug-likeness (QED) is 0.478. The number of fused-ring (bicyclic) bond motifs is 1. The van der Waals surface area contributed by atoms with Gasteiger partial charge in [-0.15, -0.1) is 0 Å². The van der Waals surface area contributed by atoms with E-state index >= 15 is 0 Å². The van der Waals surface area contributed by atoms with E-state index in [0.717, 1.165) is 0 Å². The van der Waals surface area contributed by atoms with Crippen molar-refractivity contribution < 1.29 is 34.1 Å². The van der Waals surface area contributed by atoms with Crippen LogP contribution in [0, 0.1) is 23.2 Å². The van der Waals surface area contributed by atoms with Crippen LogP contribution in [0.25, 0.3) is 0 Å². The lowest BCUT2D eigenvalue weighted by atomic mass is 9.76. The molecule has 1 aromatic rings. The molecule has 0 radical (unpaired) electrons. The molecule has 196 valence electrons. The van der Waals surface area contributed by atoms with Crippen LogP contribution in [-0.2, 0) is 19.1 Å². The van der Waals surface area contributed by atoms with E-state index < -0.39 is 53.1 Å². The zero-order chi connectivity index (χ0) is 26.8. The van der Waals surface area contributed by atoms with Crippen LogP contribution < -0.4 is 0 Å². The summed E-state index contributed by atoms with van der Waals surface area (Å²) in [5, 5.41) is 23.3. The van der Waals surface area contributed by atoms with Crippen LogP contribution in [0.2, 0.25) is 0 Å². The highest BCUT2D eigenvalue weighted by Gasteiger charge is 2.57. The van der Waals surface area contributed by atoms with Gasteiger partial charge in [-0.25, -0.2) is 4.79 Å². The molecule has 7 unspecified atom stereocenters. The van der Waals surface area contributed by atoms with Gasteiger partial charge >= 0.3 is 11.9 Å². The maximum Gasteiger partial charge on any atom is 0.338 e. The van der Waals surface area contributed by atoms with E-state index in [2.05, 4.69) is 0 Å². The van der Waals surface area contributed by atoms with Crippen molar-refractivity contribution in [3.05, 3.63) is 59.7 Å². The number of ether oxygens (including phenoxy) is 2. The van der Waals surface area contributed by atoms with Gasteiger partial charge in [-0.05, 0) is 50.8 Å². The molecule has 0 amide bonds. The smallest absolute Gasteiger partial charge is 0.338 e. The highest BCUT2D eigenvalue weighted by atomic mass is 16.5. The van der Waals surface area contributed by atoms with Gasteiger partial charge in [0.1, 0.15) is 23.6 Å². The largest absolute Gasteiger partial charge is 0.458 e. The van der Waals surface area contributed by atoms with E-state index in [-0.39, 0.29) is 24.5 Å². The summed E-state index contributed by atoms with van der Waals surface area (Å²) in [6, 6.07) is 8.59. The van der Waals surface area contributed by atoms with E-state index in [0.29, 0.717) is 11.1 Å². The van der Waals surface area contributed by atoms with Crippen LogP contribution in [0.15, 0.2) is 54.1 Å². The van der Waals surface area contributed by atoms with E-state index in [1.165, 1.54) is 6.92 Å². The van der Waals surface area contributed by atoms with Gasteiger partial charge in [-0.3, -0.25) is 9.59 Å². The van der Waals surface area contributed by atoms with E-state index in [9.17, 15) is 24.6 Å². The SMILES string of the molecule is CC(=O)OC1CC(=O)C(C)(C)C=CC(C)C(O)C2(O)CC(C)C(OC(=O)c3ccccc3)C2C=C1C. The molecule has 0 heterocycles. The molecule has 3 rings (SSSR count). The van der Waals surface area contributed by atoms with Crippen LogP contribution in [-0.4, -0.2) is 51.8 Å². The third-order valence-electron chi connectivity index (χ3n) is 7.57. The molecular formula is C29H38O7. The third kappa shape index (κ3) is 5.79. The molecule has 0 aromatic heterocycles. The Bertz CT molecular complexity index is 1040. The van der Waals surface area contributed by atoms with Crippen molar-refractivity contribution in [2.24, 2.45) is 23.2 Å². The van der Waals surface area contributed by atoms with E-state index in [4.69, 9.17) is 9.47 Å². The average Bonchev–Trinajstić information content (AvgIpc) is 3.05. The van der Waals surface area contributed by atoms with Crippen molar-refractivity contribution in [1.82, 2.24) is 0 Å². The van der Waals surface area contributed by atoms with Crippen LogP contribution >= 0.6 is 0 Å². The molecule has 0 aliphatic heterocycles. The summed E-state index contributed by atoms with van der Waals surface area (Å²) < 4.78 is 11.4. The summed E-state index contributed by atoms with van der Waals surface area (Å²) in [4.78, 5) is 37.9. The van der Waals surface area contributed by atoms with Crippen molar-refractivity contribution in [3.8, 4) is 0 Å². The molecule has 1 fully saturated rings. The van der Waals surface area contributed by atoms with Gasteiger partial charge < -0.3 is 19.7 Å². The standard InChI is InChI=1S/C29H38O7/c1-17-12-13-28(5,6)24(31)15-23(35-20(4)30)18(2)14-22-25(19(3)16-29(22,34)26(17)32)36-27(33)21-10-8-7-9-11-21/h7-14,17,19,22-23,25-26,32,34H,15-16H2,1-6H3. The molecule has 0 bridgehead atoms. The molecule has 2 aliphatic rings. The highest BCUT2D eigenvalue weighted by molar-refractivity contribution is 5.89. The van der Waals surface area contributed by atoms with Crippen molar-refractivity contribution >= 4 is 17.7 Å². The number of benzene rings is 1. The van der Waals surface area contributed by atoms with Crippen molar-refractivity contribution in [1.29, 1.82) is 0 Å². The Kier molecular flexibility index (Phi) is 8.26. The lowest BCUT2D eigenvalue weighted by molar-refractivity contribution is -0.146. The minimum Gasteiger partial charge on any atom is -0.458 e. The number of hydrogen-bond acceptors (Lipinski definition) is 7. The molecule has 7 nitrogen and oxygen atoms in total. The monoisotopic (exact) mass is 498 g/mol. The minimum atomic E-state index is -1.61. The molecule has 7 atom stereocenters. The predicted molar refractivity (Wildman–Crippen MR) is 135 cm³/mol. The van der Waals surface area contributed by atoms with Gasteiger partial charge in [0.2, 0.25) is 0 Å². The first-order chi connectivity index (χ1) is 16.8. The fourth-order valence-electron chi connectivity index (χ4n) is 5.28. The number of carbonyl (C=O) groups is 3. The number of aliphatic hydroxyl groups is 2. The number of esters is 2. The predicted octanol–water partition coefficient (Wildman–Crippen LogP) is 4.03. The molecule has 2 N–H and O–H groups in total. The number of carbonyl (C=O) groups excluding carboxylic acids is 3. The Morgan fingerprint density at radius 3 is 2.33 bits per heavy atom. The van der Waals surface area contributed by atoms with Crippen molar-refractivity contribution in [2.75, 3.05) is 0 Å². The van der Waals surface area contributed by atoms with Crippen molar-refractivity contribution in [3.63, 3.8) is 0 Å². The van der Waals surface area contributed by atoms with Gasteiger partial charge in [0.05, 0.1) is 11.7 Å². The third-order valence-corrected chi connectivity index (χ3v) is 7.57. The van der Waals surface area contributed by atoms with E-state index in [1.807, 2.05) is 6.92 Å². The number of aliphatic hydroxyl groups excluding tert-OH is 1. The number of hydrogen-bond donors (Lipinski definition) is 2. The van der Waals surface area contributed by atoms with Gasteiger partial charge in [0, 0.05) is 30.6 Å². The molecule has 1 saturated carbocycles. The van der Waals surface area contributed by atoms with E-state index in [1.54, 1.807) is 76.3 Å². The summed E-state index contributed by atoms with van der Waals surface area (Å²) in [5.41, 5.74) is -1.53. The van der Waals surface area contributed by atoms with Crippen LogP contribution in [0.3, 0.4) is 0 Å². The van der Waals surface area contributed by atoms with Gasteiger partial charge in [-0.1, -0.05) is 50.3 Å². The van der Waals surface area contributed by atoms with Gasteiger partial charge in [-0.2, -0.15) is 0 Å². The molecule has 1 aromatic carbocycles. The maximum absolute atomic E-state index is 13.1. The first kappa shape index (κ1) is 27.8. The Morgan fingerprint density at radius 1 is 1.08 bits per heavy atom. The fourth-order valence-corrected chi connectivity index (χ4v) is 5.28. The molecule has 7 heteroatoms. The second kappa shape index (κ2) is 10.7. The lowest BCUT2D eigenvalue weighted by Gasteiger charge is -2.38. The normalized spacial score (nSPS) is 34.6. The van der Waals surface area contributed by atoms with Gasteiger partial charge in [0.25, 0.3) is 0 Å². The minimum absolute atomic E-state index is 0.0363. The molecule has 2 aliphatic carbocycles. The Balaban J connectivity index is 2.09. The topological polar surface area (TPSA) is 110 Å². The van der Waals surface area contributed by atoms with Crippen LogP contribution in [0.1, 0.15) is 64.7 Å². The summed E-state index contributed by atoms with van der Waals surface area (Å²) >= 11 is 0. The number of allylic oxidation sites excluding steroid dienone is 1. The summed E-state index contributed by atoms with van der Waals surface area (Å²) in [7, 11) is 0. The first-order valence-electron chi connectivity index (χ1n) is 12.5. The Morgan fingerprint density at radius 2 is 1.72 bits per heavy atom. The average molecular weight is 499 g/mol. The number of ketones is 1. The molecule has 0 spiro atoms. The summed E-state index contributed by atoms with van der Waals surface area (Å²) in [6.45, 7) is 10.2. The first-order valence-corrected chi connectivity index (χ1v) is 12.5. The second-order valence-corrected chi connectivity index (χ2v) is 11.0. The maximum atomic E-state index is 13.1. The summed E-state index contributed by atoms with van der Waals surface area (Å²) in [5.74, 6) is -2.70. The number of Topliss-reactive ketones (excluding diaryl/α,β-unsaturated/α-hetero) is 1. The van der Waals surface area contributed by atoms with Crippen LogP contribution in [0.4, 0.5) is 0 Å². The zero-order valence-corrected chi connectivity index (χ0v) is 21.9. The Labute approximate surface area is 213 Å². The Hall–Kier alpha value is -2.77. The van der Waals surface area contributed by atoms with Crippen LogP contribution in [0.5, 0.6) is 0 Å². The fraction of sp³-hybridized carbons (Fsp3) is 0.552. The second-order valence-electron chi connectivity index (χ2n) is 11.0. The lowest BCUT2D eigenvalue weighted by Crippen LogP contribution is -2.50. The summed E-state index contributed by atoms with van der Waals surface area (Å²) in [6.07, 6.45) is 2.58. The van der Waals surface area contributed by atoms with Crippen molar-refractivity contribution in [2.45, 2.75) is 78.3 Å². The highest BCUT2D eigenvalue weighted by Crippen LogP contribution is 2.47. The molecular weight excluding hydrogens is 460 g/mol. The zero-order valence-electron chi connectivity index (χ0n) is 21.9. The van der Waals surface area contributed by atoms with Gasteiger partial charge in [0.15, 0.2) is 0 Å². The molecule has 0 saturated heterocycles. The number of rotatable bonds is 3.